The standard InChI is InChI=1S/C12H15ClFN3O2/c1-2-3-8(11(15)17-19)12(18)16-7-4-5-9(13)10(14)6-7/h4-6,8,19H,2-3H2,1H3,(H2,15,17)(H,16,18). The zero-order valence-corrected chi connectivity index (χ0v) is 11.1. The molecule has 1 atom stereocenters. The topological polar surface area (TPSA) is 87.7 Å². The molecule has 1 rings (SSSR count). The van der Waals surface area contributed by atoms with Gasteiger partial charge in [0.1, 0.15) is 5.82 Å². The number of nitrogens with one attached hydrogen (secondary N) is 1. The molecule has 0 saturated carbocycles. The van der Waals surface area contributed by atoms with Crippen LogP contribution in [0.1, 0.15) is 19.8 Å². The number of halogens is 2. The lowest BCUT2D eigenvalue weighted by molar-refractivity contribution is -0.118. The molecule has 0 heterocycles. The van der Waals surface area contributed by atoms with E-state index in [1.54, 1.807) is 0 Å². The van der Waals surface area contributed by atoms with Crippen molar-refractivity contribution in [1.29, 1.82) is 0 Å². The molecular weight excluding hydrogens is 273 g/mol. The Morgan fingerprint density at radius 3 is 2.84 bits per heavy atom. The molecule has 0 fully saturated rings. The van der Waals surface area contributed by atoms with E-state index in [9.17, 15) is 9.18 Å². The molecule has 19 heavy (non-hydrogen) atoms. The van der Waals surface area contributed by atoms with E-state index in [-0.39, 0.29) is 16.5 Å². The highest BCUT2D eigenvalue weighted by Gasteiger charge is 2.22. The molecule has 4 N–H and O–H groups in total. The number of amides is 1. The predicted octanol–water partition coefficient (Wildman–Crippen LogP) is 2.58. The third kappa shape index (κ3) is 4.10. The van der Waals surface area contributed by atoms with Crippen molar-refractivity contribution in [3.05, 3.63) is 29.0 Å². The summed E-state index contributed by atoms with van der Waals surface area (Å²) in [4.78, 5) is 12.0. The van der Waals surface area contributed by atoms with Gasteiger partial charge in [0.25, 0.3) is 0 Å². The van der Waals surface area contributed by atoms with Crippen LogP contribution >= 0.6 is 11.6 Å². The smallest absolute Gasteiger partial charge is 0.235 e. The second-order valence-electron chi connectivity index (χ2n) is 3.98. The summed E-state index contributed by atoms with van der Waals surface area (Å²) in [7, 11) is 0. The zero-order valence-electron chi connectivity index (χ0n) is 10.4. The zero-order chi connectivity index (χ0) is 14.4. The molecular formula is C12H15ClFN3O2. The summed E-state index contributed by atoms with van der Waals surface area (Å²) in [6.07, 6.45) is 1.11. The number of oxime groups is 1. The Kier molecular flexibility index (Phi) is 5.57. The number of nitrogens with two attached hydrogens (primary N) is 1. The lowest BCUT2D eigenvalue weighted by Gasteiger charge is -2.14. The first-order valence-corrected chi connectivity index (χ1v) is 6.10. The maximum Gasteiger partial charge on any atom is 0.235 e. The normalized spacial score (nSPS) is 13.1. The Labute approximate surface area is 115 Å². The molecule has 7 heteroatoms. The van der Waals surface area contributed by atoms with Crippen molar-refractivity contribution in [1.82, 2.24) is 0 Å². The van der Waals surface area contributed by atoms with E-state index in [1.807, 2.05) is 6.92 Å². The summed E-state index contributed by atoms with van der Waals surface area (Å²) in [6, 6.07) is 3.92. The summed E-state index contributed by atoms with van der Waals surface area (Å²) in [5.41, 5.74) is 5.72. The van der Waals surface area contributed by atoms with Gasteiger partial charge >= 0.3 is 0 Å². The van der Waals surface area contributed by atoms with Gasteiger partial charge in [0.05, 0.1) is 10.9 Å². The number of benzene rings is 1. The lowest BCUT2D eigenvalue weighted by atomic mass is 10.0. The van der Waals surface area contributed by atoms with E-state index in [4.69, 9.17) is 22.5 Å². The van der Waals surface area contributed by atoms with Crippen molar-refractivity contribution < 1.29 is 14.4 Å². The largest absolute Gasteiger partial charge is 0.409 e. The Bertz CT molecular complexity index is 494. The second kappa shape index (κ2) is 6.94. The first kappa shape index (κ1) is 15.2. The summed E-state index contributed by atoms with van der Waals surface area (Å²) in [6.45, 7) is 1.87. The second-order valence-corrected chi connectivity index (χ2v) is 4.39. The highest BCUT2D eigenvalue weighted by atomic mass is 35.5. The van der Waals surface area contributed by atoms with Crippen molar-refractivity contribution in [2.24, 2.45) is 16.8 Å². The first-order chi connectivity index (χ1) is 8.99. The number of hydrogen-bond acceptors (Lipinski definition) is 3. The van der Waals surface area contributed by atoms with Gasteiger partial charge in [0.2, 0.25) is 5.91 Å². The summed E-state index contributed by atoms with van der Waals surface area (Å²) < 4.78 is 13.2. The van der Waals surface area contributed by atoms with Crippen LogP contribution in [0.25, 0.3) is 0 Å². The Morgan fingerprint density at radius 2 is 2.32 bits per heavy atom. The average Bonchev–Trinajstić information content (AvgIpc) is 2.39. The third-order valence-electron chi connectivity index (χ3n) is 2.55. The van der Waals surface area contributed by atoms with Crippen LogP contribution in [-0.4, -0.2) is 17.0 Å². The summed E-state index contributed by atoms with van der Waals surface area (Å²) >= 11 is 5.54. The fourth-order valence-electron chi connectivity index (χ4n) is 1.57. The number of amidine groups is 1. The Morgan fingerprint density at radius 1 is 1.63 bits per heavy atom. The maximum absolute atomic E-state index is 13.2. The number of carbonyl (C=O) groups excluding carboxylic acids is 1. The minimum Gasteiger partial charge on any atom is -0.409 e. The molecule has 1 amide bonds. The number of anilines is 1. The minimum atomic E-state index is -0.756. The minimum absolute atomic E-state index is 0.0282. The average molecular weight is 288 g/mol. The van der Waals surface area contributed by atoms with Crippen molar-refractivity contribution >= 4 is 29.0 Å². The molecule has 1 aromatic carbocycles. The van der Waals surface area contributed by atoms with Gasteiger partial charge in [-0.15, -0.1) is 0 Å². The predicted molar refractivity (Wildman–Crippen MR) is 71.8 cm³/mol. The van der Waals surface area contributed by atoms with Gasteiger partial charge in [0, 0.05) is 5.69 Å². The van der Waals surface area contributed by atoms with Crippen molar-refractivity contribution in [3.63, 3.8) is 0 Å². The first-order valence-electron chi connectivity index (χ1n) is 5.73. The van der Waals surface area contributed by atoms with Crippen molar-refractivity contribution in [2.45, 2.75) is 19.8 Å². The Hall–Kier alpha value is -1.82. The van der Waals surface area contributed by atoms with Gasteiger partial charge in [-0.1, -0.05) is 30.1 Å². The monoisotopic (exact) mass is 287 g/mol. The quantitative estimate of drug-likeness (QED) is 0.337. The Balaban J connectivity index is 2.84. The molecule has 0 aliphatic heterocycles. The SMILES string of the molecule is CCCC(C(=O)Nc1ccc(Cl)c(F)c1)C(N)=NO. The van der Waals surface area contributed by atoms with E-state index >= 15 is 0 Å². The van der Waals surface area contributed by atoms with Crippen LogP contribution in [0.15, 0.2) is 23.4 Å². The van der Waals surface area contributed by atoms with Crippen LogP contribution in [0.5, 0.6) is 0 Å². The molecule has 0 spiro atoms. The van der Waals surface area contributed by atoms with Gasteiger partial charge < -0.3 is 16.3 Å². The molecule has 1 unspecified atom stereocenters. The third-order valence-corrected chi connectivity index (χ3v) is 2.86. The van der Waals surface area contributed by atoms with Gasteiger partial charge in [-0.05, 0) is 24.6 Å². The molecule has 1 aromatic rings. The number of nitrogens with zero attached hydrogens (tertiary/aromatic N) is 1. The highest BCUT2D eigenvalue weighted by Crippen LogP contribution is 2.19. The van der Waals surface area contributed by atoms with Crippen LogP contribution in [0.3, 0.4) is 0 Å². The fourth-order valence-corrected chi connectivity index (χ4v) is 1.69. The van der Waals surface area contributed by atoms with Crippen molar-refractivity contribution in [3.8, 4) is 0 Å². The number of rotatable bonds is 5. The van der Waals surface area contributed by atoms with Crippen molar-refractivity contribution in [2.75, 3.05) is 5.32 Å². The molecule has 0 aliphatic rings. The van der Waals surface area contributed by atoms with E-state index in [2.05, 4.69) is 10.5 Å². The molecule has 0 bridgehead atoms. The van der Waals surface area contributed by atoms with Gasteiger partial charge in [-0.25, -0.2) is 4.39 Å². The number of hydrogen-bond donors (Lipinski definition) is 3. The van der Waals surface area contributed by atoms with Gasteiger partial charge in [-0.2, -0.15) is 0 Å². The molecule has 0 aromatic heterocycles. The summed E-state index contributed by atoms with van der Waals surface area (Å²) in [5.74, 6) is -2.02. The van der Waals surface area contributed by atoms with Crippen LogP contribution < -0.4 is 11.1 Å². The molecule has 0 saturated heterocycles. The maximum atomic E-state index is 13.2. The number of carbonyl (C=O) groups is 1. The molecule has 0 radical (unpaired) electrons. The van der Waals surface area contributed by atoms with E-state index in [0.717, 1.165) is 6.07 Å². The van der Waals surface area contributed by atoms with Gasteiger partial charge in [0.15, 0.2) is 5.84 Å². The molecule has 5 nitrogen and oxygen atoms in total. The van der Waals surface area contributed by atoms with E-state index in [1.165, 1.54) is 12.1 Å². The molecule has 104 valence electrons. The van der Waals surface area contributed by atoms with Crippen LogP contribution in [0, 0.1) is 11.7 Å². The van der Waals surface area contributed by atoms with Crippen LogP contribution in [0.2, 0.25) is 5.02 Å². The fraction of sp³-hybridized carbons (Fsp3) is 0.333. The van der Waals surface area contributed by atoms with E-state index in [0.29, 0.717) is 12.8 Å². The molecule has 0 aliphatic carbocycles. The van der Waals surface area contributed by atoms with Crippen LogP contribution in [0.4, 0.5) is 10.1 Å². The highest BCUT2D eigenvalue weighted by molar-refractivity contribution is 6.30. The van der Waals surface area contributed by atoms with E-state index < -0.39 is 17.6 Å². The van der Waals surface area contributed by atoms with Crippen LogP contribution in [-0.2, 0) is 4.79 Å². The lowest BCUT2D eigenvalue weighted by Crippen LogP contribution is -2.34. The summed E-state index contributed by atoms with van der Waals surface area (Å²) in [5, 5.41) is 13.9. The van der Waals surface area contributed by atoms with Gasteiger partial charge in [-0.3, -0.25) is 4.79 Å².